The monoisotopic (exact) mass is 349 g/mol. The molecule has 1 fully saturated rings. The number of anilines is 1. The van der Waals surface area contributed by atoms with Crippen molar-refractivity contribution in [2.45, 2.75) is 51.6 Å². The summed E-state index contributed by atoms with van der Waals surface area (Å²) < 4.78 is 4.96. The first-order valence-corrected chi connectivity index (χ1v) is 9.71. The predicted molar refractivity (Wildman–Crippen MR) is 104 cm³/mol. The molecule has 1 aliphatic carbocycles. The van der Waals surface area contributed by atoms with Crippen LogP contribution in [-0.2, 0) is 17.8 Å². The minimum Gasteiger partial charge on any atom is -0.465 e. The van der Waals surface area contributed by atoms with Crippen molar-refractivity contribution < 1.29 is 9.53 Å². The summed E-state index contributed by atoms with van der Waals surface area (Å²) in [5.41, 5.74) is 5.98. The molecule has 1 saturated carbocycles. The molecule has 3 heteroatoms. The van der Waals surface area contributed by atoms with Crippen molar-refractivity contribution in [3.8, 4) is 0 Å². The van der Waals surface area contributed by atoms with E-state index in [-0.39, 0.29) is 5.97 Å². The third kappa shape index (κ3) is 3.11. The van der Waals surface area contributed by atoms with Gasteiger partial charge in [-0.3, -0.25) is 0 Å². The van der Waals surface area contributed by atoms with Gasteiger partial charge in [-0.15, -0.1) is 0 Å². The molecule has 2 aromatic carbocycles. The molecule has 0 radical (unpaired) electrons. The van der Waals surface area contributed by atoms with Crippen LogP contribution in [0.2, 0.25) is 0 Å². The van der Waals surface area contributed by atoms with E-state index >= 15 is 0 Å². The van der Waals surface area contributed by atoms with Crippen LogP contribution in [0.15, 0.2) is 42.5 Å². The number of ether oxygens (including phenoxy) is 1. The molecular weight excluding hydrogens is 322 g/mol. The summed E-state index contributed by atoms with van der Waals surface area (Å²) in [6.45, 7) is 4.17. The first kappa shape index (κ1) is 17.1. The Morgan fingerprint density at radius 3 is 2.35 bits per heavy atom. The van der Waals surface area contributed by atoms with Gasteiger partial charge in [-0.05, 0) is 53.5 Å². The zero-order valence-corrected chi connectivity index (χ0v) is 15.7. The van der Waals surface area contributed by atoms with Crippen molar-refractivity contribution in [3.05, 3.63) is 64.7 Å². The van der Waals surface area contributed by atoms with Crippen LogP contribution in [0.5, 0.6) is 0 Å². The van der Waals surface area contributed by atoms with Gasteiger partial charge in [0.1, 0.15) is 0 Å². The number of methoxy groups -OCH3 is 1. The number of benzene rings is 2. The zero-order chi connectivity index (χ0) is 18.1. The highest BCUT2D eigenvalue weighted by Crippen LogP contribution is 2.42. The number of hydrogen-bond acceptors (Lipinski definition) is 3. The fourth-order valence-corrected chi connectivity index (χ4v) is 4.66. The molecule has 0 spiro atoms. The van der Waals surface area contributed by atoms with E-state index in [0.717, 1.165) is 19.0 Å². The molecule has 0 N–H and O–H groups in total. The third-order valence-electron chi connectivity index (χ3n) is 6.23. The minimum atomic E-state index is -0.261. The molecule has 2 aromatic rings. The van der Waals surface area contributed by atoms with Gasteiger partial charge in [-0.25, -0.2) is 4.79 Å². The molecule has 1 unspecified atom stereocenters. The predicted octanol–water partition coefficient (Wildman–Crippen LogP) is 5.29. The van der Waals surface area contributed by atoms with Crippen LogP contribution >= 0.6 is 0 Å². The molecule has 1 heterocycles. The summed E-state index contributed by atoms with van der Waals surface area (Å²) in [6, 6.07) is 14.8. The first-order chi connectivity index (χ1) is 12.7. The van der Waals surface area contributed by atoms with E-state index in [1.807, 2.05) is 12.1 Å². The Hall–Kier alpha value is -2.29. The average molecular weight is 349 g/mol. The number of nitrogens with zero attached hydrogens (tertiary/aromatic N) is 1. The lowest BCUT2D eigenvalue weighted by molar-refractivity contribution is 0.0600. The van der Waals surface area contributed by atoms with Gasteiger partial charge < -0.3 is 9.64 Å². The number of rotatable bonds is 4. The van der Waals surface area contributed by atoms with E-state index in [4.69, 9.17) is 4.74 Å². The lowest BCUT2D eigenvalue weighted by Crippen LogP contribution is -2.19. The maximum Gasteiger partial charge on any atom is 0.337 e. The molecule has 0 bridgehead atoms. The number of fused-ring (bicyclic) bond motifs is 1. The van der Waals surface area contributed by atoms with Gasteiger partial charge in [0.2, 0.25) is 0 Å². The highest BCUT2D eigenvalue weighted by Gasteiger charge is 2.28. The Kier molecular flexibility index (Phi) is 4.71. The SMILES string of the molecule is COC(=O)c1ccc(C(C)C2CCCC2)c(N2Cc3ccccc3C2)c1. The fourth-order valence-electron chi connectivity index (χ4n) is 4.66. The van der Waals surface area contributed by atoms with Crippen molar-refractivity contribution >= 4 is 11.7 Å². The van der Waals surface area contributed by atoms with Gasteiger partial charge in [0.25, 0.3) is 0 Å². The van der Waals surface area contributed by atoms with E-state index in [9.17, 15) is 4.79 Å². The highest BCUT2D eigenvalue weighted by molar-refractivity contribution is 5.91. The first-order valence-electron chi connectivity index (χ1n) is 9.71. The molecular formula is C23H27NO2. The van der Waals surface area contributed by atoms with Crippen molar-refractivity contribution in [2.24, 2.45) is 5.92 Å². The van der Waals surface area contributed by atoms with Crippen LogP contribution in [-0.4, -0.2) is 13.1 Å². The van der Waals surface area contributed by atoms with E-state index in [0.29, 0.717) is 11.5 Å². The summed E-state index contributed by atoms with van der Waals surface area (Å²) in [5.74, 6) is 1.01. The maximum absolute atomic E-state index is 12.1. The number of carbonyl (C=O) groups excluding carboxylic acids is 1. The third-order valence-corrected chi connectivity index (χ3v) is 6.23. The topological polar surface area (TPSA) is 29.5 Å². The molecule has 4 rings (SSSR count). The van der Waals surface area contributed by atoms with Gasteiger partial charge in [0, 0.05) is 18.8 Å². The van der Waals surface area contributed by atoms with Gasteiger partial charge >= 0.3 is 5.97 Å². The van der Waals surface area contributed by atoms with E-state index in [1.54, 1.807) is 0 Å². The standard InChI is InChI=1S/C23H27NO2/c1-16(17-7-3-4-8-17)21-12-11-18(23(25)26-2)13-22(21)24-14-19-9-5-6-10-20(19)15-24/h5-6,9-13,16-17H,3-4,7-8,14-15H2,1-2H3. The normalized spacial score (nSPS) is 18.0. The van der Waals surface area contributed by atoms with E-state index in [1.165, 1.54) is 55.2 Å². The fraction of sp³-hybridized carbons (Fsp3) is 0.435. The van der Waals surface area contributed by atoms with Crippen molar-refractivity contribution in [1.29, 1.82) is 0 Å². The summed E-state index contributed by atoms with van der Waals surface area (Å²) in [7, 11) is 1.45. The molecule has 1 aliphatic heterocycles. The summed E-state index contributed by atoms with van der Waals surface area (Å²) in [6.07, 6.45) is 5.33. The molecule has 0 amide bonds. The Bertz CT molecular complexity index is 783. The highest BCUT2D eigenvalue weighted by atomic mass is 16.5. The maximum atomic E-state index is 12.1. The second-order valence-corrected chi connectivity index (χ2v) is 7.72. The summed E-state index contributed by atoms with van der Waals surface area (Å²) >= 11 is 0. The van der Waals surface area contributed by atoms with Gasteiger partial charge in [-0.1, -0.05) is 50.1 Å². The summed E-state index contributed by atoms with van der Waals surface area (Å²) in [5, 5.41) is 0. The second kappa shape index (κ2) is 7.14. The molecule has 26 heavy (non-hydrogen) atoms. The molecule has 1 atom stereocenters. The number of hydrogen-bond donors (Lipinski definition) is 0. The lowest BCUT2D eigenvalue weighted by atomic mass is 9.85. The molecule has 0 saturated heterocycles. The Morgan fingerprint density at radius 2 is 1.73 bits per heavy atom. The van der Waals surface area contributed by atoms with Gasteiger partial charge in [0.05, 0.1) is 12.7 Å². The quantitative estimate of drug-likeness (QED) is 0.703. The minimum absolute atomic E-state index is 0.261. The Morgan fingerprint density at radius 1 is 1.08 bits per heavy atom. The number of carbonyl (C=O) groups is 1. The lowest BCUT2D eigenvalue weighted by Gasteiger charge is -2.28. The van der Waals surface area contributed by atoms with Gasteiger partial charge in [0.15, 0.2) is 0 Å². The second-order valence-electron chi connectivity index (χ2n) is 7.72. The van der Waals surface area contributed by atoms with E-state index < -0.39 is 0 Å². The summed E-state index contributed by atoms with van der Waals surface area (Å²) in [4.78, 5) is 14.5. The van der Waals surface area contributed by atoms with Crippen LogP contribution in [0, 0.1) is 5.92 Å². The van der Waals surface area contributed by atoms with Crippen LogP contribution in [0.25, 0.3) is 0 Å². The smallest absolute Gasteiger partial charge is 0.337 e. The average Bonchev–Trinajstić information content (AvgIpc) is 3.35. The number of esters is 1. The van der Waals surface area contributed by atoms with Crippen LogP contribution in [0.4, 0.5) is 5.69 Å². The largest absolute Gasteiger partial charge is 0.465 e. The molecule has 2 aliphatic rings. The van der Waals surface area contributed by atoms with Crippen molar-refractivity contribution in [2.75, 3.05) is 12.0 Å². The van der Waals surface area contributed by atoms with Gasteiger partial charge in [-0.2, -0.15) is 0 Å². The zero-order valence-electron chi connectivity index (χ0n) is 15.7. The molecule has 0 aromatic heterocycles. The van der Waals surface area contributed by atoms with E-state index in [2.05, 4.69) is 42.2 Å². The Labute approximate surface area is 156 Å². The van der Waals surface area contributed by atoms with Crippen LogP contribution in [0.3, 0.4) is 0 Å². The van der Waals surface area contributed by atoms with Crippen molar-refractivity contribution in [1.82, 2.24) is 0 Å². The molecule has 3 nitrogen and oxygen atoms in total. The van der Waals surface area contributed by atoms with Crippen LogP contribution in [0.1, 0.15) is 65.6 Å². The molecule has 136 valence electrons. The van der Waals surface area contributed by atoms with Crippen LogP contribution < -0.4 is 4.90 Å². The Balaban J connectivity index is 1.71. The van der Waals surface area contributed by atoms with Crippen molar-refractivity contribution in [3.63, 3.8) is 0 Å².